The van der Waals surface area contributed by atoms with Gasteiger partial charge in [-0.25, -0.2) is 4.39 Å². The Morgan fingerprint density at radius 1 is 1.07 bits per heavy atom. The summed E-state index contributed by atoms with van der Waals surface area (Å²) in [6, 6.07) is 6.76. The molecule has 0 fully saturated rings. The smallest absolute Gasteiger partial charge is 0.123 e. The highest BCUT2D eigenvalue weighted by Gasteiger charge is 1.95. The van der Waals surface area contributed by atoms with E-state index in [0.29, 0.717) is 0 Å². The topological polar surface area (TPSA) is 20.2 Å². The van der Waals surface area contributed by atoms with Gasteiger partial charge in [0, 0.05) is 6.61 Å². The average Bonchev–Trinajstić information content (AvgIpc) is 2.18. The Morgan fingerprint density at radius 3 is 2.57 bits per heavy atom. The summed E-state index contributed by atoms with van der Waals surface area (Å²) >= 11 is 0. The van der Waals surface area contributed by atoms with Crippen LogP contribution in [0, 0.1) is 5.82 Å². The normalized spacial score (nSPS) is 10.4. The van der Waals surface area contributed by atoms with Crippen molar-refractivity contribution in [3.8, 4) is 0 Å². The Hall–Kier alpha value is -0.890. The molecule has 0 bridgehead atoms. The molecule has 14 heavy (non-hydrogen) atoms. The second-order valence-electron chi connectivity index (χ2n) is 3.52. The third-order valence-corrected chi connectivity index (χ3v) is 2.26. The number of aryl methyl sites for hydroxylation is 1. The largest absolute Gasteiger partial charge is 0.396 e. The minimum Gasteiger partial charge on any atom is -0.396 e. The van der Waals surface area contributed by atoms with Gasteiger partial charge >= 0.3 is 0 Å². The zero-order chi connectivity index (χ0) is 10.2. The number of rotatable bonds is 6. The van der Waals surface area contributed by atoms with Gasteiger partial charge in [-0.3, -0.25) is 0 Å². The summed E-state index contributed by atoms with van der Waals surface area (Å²) in [5.41, 5.74) is 1.06. The van der Waals surface area contributed by atoms with Crippen LogP contribution in [0.2, 0.25) is 0 Å². The Morgan fingerprint density at radius 2 is 1.86 bits per heavy atom. The molecule has 1 nitrogen and oxygen atoms in total. The molecule has 1 N–H and O–H groups in total. The summed E-state index contributed by atoms with van der Waals surface area (Å²) < 4.78 is 12.8. The number of halogens is 1. The maximum Gasteiger partial charge on any atom is 0.123 e. The van der Waals surface area contributed by atoms with Gasteiger partial charge in [0.1, 0.15) is 5.82 Å². The number of aliphatic hydroxyl groups is 1. The van der Waals surface area contributed by atoms with Crippen LogP contribution in [-0.4, -0.2) is 11.7 Å². The van der Waals surface area contributed by atoms with Crippen molar-refractivity contribution in [3.05, 3.63) is 35.6 Å². The van der Waals surface area contributed by atoms with Gasteiger partial charge in [0.2, 0.25) is 0 Å². The molecule has 0 radical (unpaired) electrons. The van der Waals surface area contributed by atoms with Gasteiger partial charge in [0.15, 0.2) is 0 Å². The monoisotopic (exact) mass is 196 g/mol. The molecule has 1 aromatic rings. The Bertz CT molecular complexity index is 260. The van der Waals surface area contributed by atoms with Crippen molar-refractivity contribution >= 4 is 0 Å². The highest BCUT2D eigenvalue weighted by atomic mass is 19.1. The summed E-state index contributed by atoms with van der Waals surface area (Å²) in [7, 11) is 0. The van der Waals surface area contributed by atoms with Crippen LogP contribution in [0.15, 0.2) is 24.3 Å². The molecule has 2 heteroatoms. The summed E-state index contributed by atoms with van der Waals surface area (Å²) in [6.07, 6.45) is 5.05. The Labute approximate surface area is 84.6 Å². The fourth-order valence-corrected chi connectivity index (χ4v) is 1.49. The predicted molar refractivity (Wildman–Crippen MR) is 55.7 cm³/mol. The van der Waals surface area contributed by atoms with E-state index < -0.39 is 0 Å². The van der Waals surface area contributed by atoms with Gasteiger partial charge in [-0.1, -0.05) is 25.0 Å². The van der Waals surface area contributed by atoms with Crippen LogP contribution in [0.4, 0.5) is 4.39 Å². The summed E-state index contributed by atoms with van der Waals surface area (Å²) in [6.45, 7) is 0.278. The fourth-order valence-electron chi connectivity index (χ4n) is 1.49. The van der Waals surface area contributed by atoms with Crippen LogP contribution in [0.1, 0.15) is 31.2 Å². The van der Waals surface area contributed by atoms with Crippen LogP contribution >= 0.6 is 0 Å². The lowest BCUT2D eigenvalue weighted by molar-refractivity contribution is 0.282. The lowest BCUT2D eigenvalue weighted by Crippen LogP contribution is -1.88. The van der Waals surface area contributed by atoms with E-state index in [1.165, 1.54) is 6.07 Å². The minimum atomic E-state index is -0.155. The lowest BCUT2D eigenvalue weighted by atomic mass is 10.1. The number of hydrogen-bond donors (Lipinski definition) is 1. The summed E-state index contributed by atoms with van der Waals surface area (Å²) in [4.78, 5) is 0. The van der Waals surface area contributed by atoms with E-state index in [4.69, 9.17) is 5.11 Å². The first kappa shape index (κ1) is 11.2. The Balaban J connectivity index is 2.18. The standard InChI is InChI=1S/C12H17FO/c13-12-8-5-7-11(10-12)6-3-1-2-4-9-14/h5,7-8,10,14H,1-4,6,9H2. The van der Waals surface area contributed by atoms with Crippen molar-refractivity contribution in [2.75, 3.05) is 6.61 Å². The SMILES string of the molecule is OCCCCCCc1cccc(F)c1. The molecule has 0 saturated heterocycles. The molecule has 1 rings (SSSR count). The molecular weight excluding hydrogens is 179 g/mol. The molecule has 0 amide bonds. The molecule has 78 valence electrons. The van der Waals surface area contributed by atoms with Gasteiger partial charge in [0.05, 0.1) is 0 Å². The van der Waals surface area contributed by atoms with Gasteiger partial charge < -0.3 is 5.11 Å². The third-order valence-electron chi connectivity index (χ3n) is 2.26. The number of unbranched alkanes of at least 4 members (excludes halogenated alkanes) is 3. The second-order valence-corrected chi connectivity index (χ2v) is 3.52. The molecule has 0 atom stereocenters. The van der Waals surface area contributed by atoms with Crippen LogP contribution in [-0.2, 0) is 6.42 Å². The van der Waals surface area contributed by atoms with Crippen LogP contribution in [0.3, 0.4) is 0 Å². The number of benzene rings is 1. The van der Waals surface area contributed by atoms with E-state index in [-0.39, 0.29) is 12.4 Å². The van der Waals surface area contributed by atoms with Crippen LogP contribution in [0.25, 0.3) is 0 Å². The summed E-state index contributed by atoms with van der Waals surface area (Å²) in [5, 5.41) is 8.57. The van der Waals surface area contributed by atoms with E-state index in [0.717, 1.165) is 37.7 Å². The Kier molecular flexibility index (Phi) is 5.23. The van der Waals surface area contributed by atoms with E-state index >= 15 is 0 Å². The molecule has 0 unspecified atom stereocenters. The first-order valence-corrected chi connectivity index (χ1v) is 5.18. The van der Waals surface area contributed by atoms with Crippen molar-refractivity contribution in [2.45, 2.75) is 32.1 Å². The zero-order valence-electron chi connectivity index (χ0n) is 8.38. The minimum absolute atomic E-state index is 0.155. The van der Waals surface area contributed by atoms with E-state index in [1.807, 2.05) is 6.07 Å². The first-order chi connectivity index (χ1) is 6.83. The van der Waals surface area contributed by atoms with Gasteiger partial charge in [0.25, 0.3) is 0 Å². The molecule has 0 aromatic heterocycles. The number of hydrogen-bond acceptors (Lipinski definition) is 1. The van der Waals surface area contributed by atoms with E-state index in [1.54, 1.807) is 12.1 Å². The molecule has 0 aliphatic rings. The van der Waals surface area contributed by atoms with Crippen molar-refractivity contribution in [2.24, 2.45) is 0 Å². The lowest BCUT2D eigenvalue weighted by Gasteiger charge is -2.01. The van der Waals surface area contributed by atoms with Gasteiger partial charge in [-0.15, -0.1) is 0 Å². The molecule has 0 aliphatic carbocycles. The molecule has 0 heterocycles. The van der Waals surface area contributed by atoms with Crippen molar-refractivity contribution in [3.63, 3.8) is 0 Å². The summed E-state index contributed by atoms with van der Waals surface area (Å²) in [5.74, 6) is -0.155. The molecule has 0 aliphatic heterocycles. The van der Waals surface area contributed by atoms with Crippen LogP contribution in [0.5, 0.6) is 0 Å². The van der Waals surface area contributed by atoms with Crippen molar-refractivity contribution < 1.29 is 9.50 Å². The van der Waals surface area contributed by atoms with Crippen molar-refractivity contribution in [1.82, 2.24) is 0 Å². The maximum atomic E-state index is 12.8. The van der Waals surface area contributed by atoms with Gasteiger partial charge in [-0.2, -0.15) is 0 Å². The quantitative estimate of drug-likeness (QED) is 0.693. The van der Waals surface area contributed by atoms with E-state index in [2.05, 4.69) is 0 Å². The highest BCUT2D eigenvalue weighted by Crippen LogP contribution is 2.09. The molecule has 1 aromatic carbocycles. The van der Waals surface area contributed by atoms with Crippen LogP contribution < -0.4 is 0 Å². The molecular formula is C12H17FO. The third kappa shape index (κ3) is 4.38. The van der Waals surface area contributed by atoms with Gasteiger partial charge in [-0.05, 0) is 37.0 Å². The second kappa shape index (κ2) is 6.55. The average molecular weight is 196 g/mol. The van der Waals surface area contributed by atoms with E-state index in [9.17, 15) is 4.39 Å². The molecule has 0 spiro atoms. The fraction of sp³-hybridized carbons (Fsp3) is 0.500. The van der Waals surface area contributed by atoms with Crippen molar-refractivity contribution in [1.29, 1.82) is 0 Å². The first-order valence-electron chi connectivity index (χ1n) is 5.18. The zero-order valence-corrected chi connectivity index (χ0v) is 8.38. The predicted octanol–water partition coefficient (Wildman–Crippen LogP) is 2.92. The highest BCUT2D eigenvalue weighted by molar-refractivity contribution is 5.16. The number of aliphatic hydroxyl groups excluding tert-OH is 1. The molecule has 0 saturated carbocycles. The maximum absolute atomic E-state index is 12.8.